The van der Waals surface area contributed by atoms with E-state index in [4.69, 9.17) is 18.9 Å². The van der Waals surface area contributed by atoms with E-state index in [2.05, 4.69) is 4.90 Å². The largest absolute Gasteiger partial charge is 0.477 e. The van der Waals surface area contributed by atoms with Crippen molar-refractivity contribution >= 4 is 11.9 Å². The molecule has 0 atom stereocenters. The number of benzene rings is 3. The number of ketones is 1. The molecule has 6 rings (SSSR count). The number of carbonyl (C=O) groups excluding carboxylic acids is 1. The molecule has 0 saturated heterocycles. The van der Waals surface area contributed by atoms with Crippen LogP contribution in [-0.4, -0.2) is 24.2 Å². The number of fused-ring (bicyclic) bond motifs is 3. The molecular weight excluding hydrogens is 430 g/mol. The van der Waals surface area contributed by atoms with E-state index in [0.29, 0.717) is 36.9 Å². The molecule has 0 saturated carbocycles. The fraction of sp³-hybridized carbons (Fsp3) is 0.179. The predicted molar refractivity (Wildman–Crippen MR) is 127 cm³/mol. The number of hydrogen-bond donors (Lipinski definition) is 0. The summed E-state index contributed by atoms with van der Waals surface area (Å²) in [4.78, 5) is 15.2. The van der Waals surface area contributed by atoms with Gasteiger partial charge in [-0.25, -0.2) is 0 Å². The van der Waals surface area contributed by atoms with Crippen LogP contribution in [0.5, 0.6) is 23.0 Å². The zero-order valence-corrected chi connectivity index (χ0v) is 18.7. The monoisotopic (exact) mass is 453 g/mol. The van der Waals surface area contributed by atoms with Crippen molar-refractivity contribution in [3.05, 3.63) is 100 Å². The predicted octanol–water partition coefficient (Wildman–Crippen LogP) is 5.25. The highest BCUT2D eigenvalue weighted by atomic mass is 16.7. The van der Waals surface area contributed by atoms with Gasteiger partial charge >= 0.3 is 0 Å². The van der Waals surface area contributed by atoms with Crippen molar-refractivity contribution in [2.24, 2.45) is 0 Å². The Balaban J connectivity index is 1.21. The highest BCUT2D eigenvalue weighted by Gasteiger charge is 2.33. The standard InChI is InChI=1S/C28H23NO5/c1-18-27-21(15-29(16-31-27)14-20-10-11-23-25(12-20)33-17-32-23)13-22-26(30)24(34-28(18)22)9-5-8-19-6-3-2-4-7-19/h2-13H,14-17H2,1H3/b8-5+,24-9-. The van der Waals surface area contributed by atoms with Crippen LogP contribution < -0.4 is 18.9 Å². The Labute approximate surface area is 197 Å². The molecule has 3 aliphatic heterocycles. The number of nitrogens with zero attached hydrogens (tertiary/aromatic N) is 1. The summed E-state index contributed by atoms with van der Waals surface area (Å²) >= 11 is 0. The van der Waals surface area contributed by atoms with Gasteiger partial charge in [-0.2, -0.15) is 0 Å². The number of hydrogen-bond acceptors (Lipinski definition) is 6. The number of rotatable bonds is 4. The first kappa shape index (κ1) is 20.6. The third-order valence-corrected chi connectivity index (χ3v) is 6.18. The minimum Gasteiger partial charge on any atom is -0.477 e. The first-order valence-corrected chi connectivity index (χ1v) is 11.2. The highest BCUT2D eigenvalue weighted by molar-refractivity contribution is 6.13. The van der Waals surface area contributed by atoms with Crippen LogP contribution in [-0.2, 0) is 13.1 Å². The van der Waals surface area contributed by atoms with Gasteiger partial charge in [-0.15, -0.1) is 0 Å². The van der Waals surface area contributed by atoms with E-state index >= 15 is 0 Å². The third-order valence-electron chi connectivity index (χ3n) is 6.18. The van der Waals surface area contributed by atoms with Crippen LogP contribution in [0.4, 0.5) is 0 Å². The molecule has 3 aromatic rings. The SMILES string of the molecule is Cc1c2c(cc3c1O/C(=C\C=C\c1ccccc1)C3=O)CN(Cc1ccc3c(c1)OCO3)CO2. The van der Waals surface area contributed by atoms with Crippen LogP contribution in [0.2, 0.25) is 0 Å². The summed E-state index contributed by atoms with van der Waals surface area (Å²) in [7, 11) is 0. The molecular formula is C28H23NO5. The van der Waals surface area contributed by atoms with Crippen LogP contribution in [0, 0.1) is 6.92 Å². The maximum absolute atomic E-state index is 13.1. The zero-order valence-electron chi connectivity index (χ0n) is 18.7. The normalized spacial score (nSPS) is 17.6. The van der Waals surface area contributed by atoms with Gasteiger partial charge in [0.05, 0.1) is 5.56 Å². The molecule has 34 heavy (non-hydrogen) atoms. The number of allylic oxidation sites excluding steroid dienone is 3. The Bertz CT molecular complexity index is 1340. The van der Waals surface area contributed by atoms with Crippen LogP contribution in [0.3, 0.4) is 0 Å². The number of Topliss-reactive ketones (excluding diaryl/α,β-unsaturated/α-hetero) is 1. The molecule has 3 aliphatic rings. The summed E-state index contributed by atoms with van der Waals surface area (Å²) in [6, 6.07) is 17.8. The third kappa shape index (κ3) is 3.72. The van der Waals surface area contributed by atoms with Gasteiger partial charge in [0.2, 0.25) is 12.6 Å². The molecule has 0 N–H and O–H groups in total. The van der Waals surface area contributed by atoms with E-state index in [1.165, 1.54) is 0 Å². The van der Waals surface area contributed by atoms with Crippen molar-refractivity contribution in [1.29, 1.82) is 0 Å². The van der Waals surface area contributed by atoms with Crippen molar-refractivity contribution in [2.45, 2.75) is 20.0 Å². The van der Waals surface area contributed by atoms with Crippen molar-refractivity contribution in [3.8, 4) is 23.0 Å². The van der Waals surface area contributed by atoms with Gasteiger partial charge in [-0.1, -0.05) is 48.6 Å². The van der Waals surface area contributed by atoms with Gasteiger partial charge in [0, 0.05) is 24.2 Å². The molecule has 0 aromatic heterocycles. The maximum atomic E-state index is 13.1. The summed E-state index contributed by atoms with van der Waals surface area (Å²) in [6.07, 6.45) is 5.51. The molecule has 3 aromatic carbocycles. The molecule has 6 heteroatoms. The average molecular weight is 453 g/mol. The van der Waals surface area contributed by atoms with E-state index in [1.54, 1.807) is 6.08 Å². The lowest BCUT2D eigenvalue weighted by atomic mass is 10.00. The zero-order chi connectivity index (χ0) is 23.1. The summed E-state index contributed by atoms with van der Waals surface area (Å²) in [5.74, 6) is 3.15. The molecule has 0 unspecified atom stereocenters. The Kier molecular flexibility index (Phi) is 5.08. The average Bonchev–Trinajstić information content (AvgIpc) is 3.44. The maximum Gasteiger partial charge on any atom is 0.231 e. The van der Waals surface area contributed by atoms with Gasteiger partial charge in [0.25, 0.3) is 0 Å². The lowest BCUT2D eigenvalue weighted by Gasteiger charge is -2.30. The summed E-state index contributed by atoms with van der Waals surface area (Å²) < 4.78 is 23.0. The van der Waals surface area contributed by atoms with Crippen LogP contribution in [0.1, 0.15) is 32.6 Å². The van der Waals surface area contributed by atoms with Crippen molar-refractivity contribution < 1.29 is 23.7 Å². The van der Waals surface area contributed by atoms with E-state index in [1.807, 2.05) is 73.7 Å². The molecule has 6 nitrogen and oxygen atoms in total. The second-order valence-electron chi connectivity index (χ2n) is 8.55. The Hall–Kier alpha value is -4.03. The van der Waals surface area contributed by atoms with Gasteiger partial charge < -0.3 is 18.9 Å². The minimum absolute atomic E-state index is 0.105. The Morgan fingerprint density at radius 1 is 0.971 bits per heavy atom. The first-order valence-electron chi connectivity index (χ1n) is 11.2. The fourth-order valence-corrected chi connectivity index (χ4v) is 4.52. The summed E-state index contributed by atoms with van der Waals surface area (Å²) in [5, 5.41) is 0. The second kappa shape index (κ2) is 8.39. The fourth-order valence-electron chi connectivity index (χ4n) is 4.52. The van der Waals surface area contributed by atoms with E-state index < -0.39 is 0 Å². The first-order chi connectivity index (χ1) is 16.7. The van der Waals surface area contributed by atoms with E-state index in [-0.39, 0.29) is 12.6 Å². The number of ether oxygens (including phenoxy) is 4. The molecule has 0 fully saturated rings. The minimum atomic E-state index is -0.105. The van der Waals surface area contributed by atoms with Gasteiger partial charge in [-0.3, -0.25) is 9.69 Å². The van der Waals surface area contributed by atoms with Crippen LogP contribution in [0.25, 0.3) is 6.08 Å². The number of carbonyl (C=O) groups is 1. The van der Waals surface area contributed by atoms with Gasteiger partial charge in [0.1, 0.15) is 18.2 Å². The lowest BCUT2D eigenvalue weighted by Crippen LogP contribution is -2.32. The van der Waals surface area contributed by atoms with Crippen LogP contribution in [0.15, 0.2) is 72.5 Å². The van der Waals surface area contributed by atoms with E-state index in [9.17, 15) is 4.79 Å². The smallest absolute Gasteiger partial charge is 0.231 e. The van der Waals surface area contributed by atoms with Gasteiger partial charge in [-0.05, 0) is 42.3 Å². The Morgan fingerprint density at radius 2 is 1.82 bits per heavy atom. The second-order valence-corrected chi connectivity index (χ2v) is 8.55. The highest BCUT2D eigenvalue weighted by Crippen LogP contribution is 2.43. The van der Waals surface area contributed by atoms with Crippen LogP contribution >= 0.6 is 0 Å². The van der Waals surface area contributed by atoms with Crippen molar-refractivity contribution in [2.75, 3.05) is 13.5 Å². The lowest BCUT2D eigenvalue weighted by molar-refractivity contribution is 0.0876. The molecule has 0 aliphatic carbocycles. The van der Waals surface area contributed by atoms with E-state index in [0.717, 1.165) is 39.5 Å². The quantitative estimate of drug-likeness (QED) is 0.503. The molecule has 0 radical (unpaired) electrons. The topological polar surface area (TPSA) is 57.2 Å². The molecule has 0 amide bonds. The molecule has 0 spiro atoms. The molecule has 3 heterocycles. The summed E-state index contributed by atoms with van der Waals surface area (Å²) in [5.41, 5.74) is 4.61. The molecule has 170 valence electrons. The summed E-state index contributed by atoms with van der Waals surface area (Å²) in [6.45, 7) is 4.04. The van der Waals surface area contributed by atoms with Crippen molar-refractivity contribution in [3.63, 3.8) is 0 Å². The Morgan fingerprint density at radius 3 is 2.71 bits per heavy atom. The molecule has 0 bridgehead atoms. The van der Waals surface area contributed by atoms with Gasteiger partial charge in [0.15, 0.2) is 17.3 Å². The van der Waals surface area contributed by atoms with Crippen molar-refractivity contribution in [1.82, 2.24) is 4.90 Å².